The number of hydrogen-bond donors (Lipinski definition) is 1. The zero-order valence-electron chi connectivity index (χ0n) is 15.4. The Morgan fingerprint density at radius 2 is 2.04 bits per heavy atom. The maximum absolute atomic E-state index is 10.1. The topological polar surface area (TPSA) is 41.8 Å². The molecule has 134 valence electrons. The van der Waals surface area contributed by atoms with Crippen LogP contribution in [0.1, 0.15) is 58.8 Å². The summed E-state index contributed by atoms with van der Waals surface area (Å²) in [5, 5.41) is 14.2. The highest BCUT2D eigenvalue weighted by Crippen LogP contribution is 2.27. The van der Waals surface area contributed by atoms with E-state index in [1.54, 1.807) is 7.11 Å². The quantitative estimate of drug-likeness (QED) is 0.315. The second kappa shape index (κ2) is 12.8. The van der Waals surface area contributed by atoms with Crippen LogP contribution in [-0.4, -0.2) is 24.0 Å². The Morgan fingerprint density at radius 3 is 2.75 bits per heavy atom. The molecule has 0 radical (unpaired) electrons. The molecule has 1 rings (SSSR count). The van der Waals surface area contributed by atoms with Gasteiger partial charge in [-0.15, -0.1) is 0 Å². The van der Waals surface area contributed by atoms with Gasteiger partial charge in [-0.05, 0) is 43.8 Å². The fraction of sp³-hybridized carbons (Fsp3) is 0.571. The van der Waals surface area contributed by atoms with E-state index in [1.807, 2.05) is 12.2 Å². The zero-order chi connectivity index (χ0) is 17.6. The van der Waals surface area contributed by atoms with E-state index in [2.05, 4.69) is 49.4 Å². The molecule has 3 heteroatoms. The van der Waals surface area contributed by atoms with E-state index in [0.29, 0.717) is 18.8 Å². The number of unbranched alkanes of at least 4 members (excludes halogenated alkanes) is 2. The minimum atomic E-state index is -0.342. The molecule has 0 fully saturated rings. The molecule has 0 spiro atoms. The summed E-state index contributed by atoms with van der Waals surface area (Å²) < 4.78 is 0. The molecule has 1 N–H and O–H groups in total. The molecule has 1 aliphatic rings. The monoisotopic (exact) mass is 331 g/mol. The lowest BCUT2D eigenvalue weighted by atomic mass is 9.95. The van der Waals surface area contributed by atoms with Crippen molar-refractivity contribution in [1.82, 2.24) is 0 Å². The summed E-state index contributed by atoms with van der Waals surface area (Å²) in [5.74, 6) is 0.329. The largest absolute Gasteiger partial charge is 0.399 e. The van der Waals surface area contributed by atoms with Gasteiger partial charge in [0.1, 0.15) is 12.8 Å². The van der Waals surface area contributed by atoms with E-state index >= 15 is 0 Å². The number of hydrogen-bond acceptors (Lipinski definition) is 3. The Kier molecular flexibility index (Phi) is 10.9. The van der Waals surface area contributed by atoms with Gasteiger partial charge in [0, 0.05) is 5.92 Å². The average Bonchev–Trinajstić information content (AvgIpc) is 2.95. The second-order valence-corrected chi connectivity index (χ2v) is 6.14. The predicted octanol–water partition coefficient (Wildman–Crippen LogP) is 5.35. The van der Waals surface area contributed by atoms with Gasteiger partial charge >= 0.3 is 0 Å². The molecule has 0 aromatic rings. The van der Waals surface area contributed by atoms with Crippen molar-refractivity contribution >= 4 is 5.71 Å². The molecule has 0 saturated carbocycles. The minimum absolute atomic E-state index is 0.329. The van der Waals surface area contributed by atoms with E-state index in [4.69, 9.17) is 4.84 Å². The van der Waals surface area contributed by atoms with Crippen LogP contribution in [-0.2, 0) is 4.84 Å². The molecule has 24 heavy (non-hydrogen) atoms. The molecular formula is C21H33NO2. The molecule has 0 aliphatic heterocycles. The maximum atomic E-state index is 10.1. The van der Waals surface area contributed by atoms with Crippen molar-refractivity contribution in [2.45, 2.75) is 64.9 Å². The normalized spacial score (nSPS) is 22.4. The van der Waals surface area contributed by atoms with Crippen molar-refractivity contribution in [2.75, 3.05) is 7.11 Å². The molecule has 0 aromatic carbocycles. The lowest BCUT2D eigenvalue weighted by molar-refractivity contribution is 0.181. The molecule has 2 atom stereocenters. The average molecular weight is 332 g/mol. The van der Waals surface area contributed by atoms with Gasteiger partial charge in [-0.25, -0.2) is 0 Å². The lowest BCUT2D eigenvalue weighted by Crippen LogP contribution is -2.07. The van der Waals surface area contributed by atoms with Crippen LogP contribution in [0.3, 0.4) is 0 Å². The van der Waals surface area contributed by atoms with Gasteiger partial charge in [-0.3, -0.25) is 0 Å². The van der Waals surface area contributed by atoms with Crippen molar-refractivity contribution in [2.24, 2.45) is 11.1 Å². The molecule has 0 aromatic heterocycles. The number of allylic oxidation sites excluding steroid dienone is 6. The third kappa shape index (κ3) is 7.78. The second-order valence-electron chi connectivity index (χ2n) is 6.14. The Balaban J connectivity index is 2.64. The van der Waals surface area contributed by atoms with E-state index in [-0.39, 0.29) is 6.10 Å². The summed E-state index contributed by atoms with van der Waals surface area (Å²) in [6.07, 6.45) is 21.6. The molecule has 0 saturated heterocycles. The molecule has 2 unspecified atom stereocenters. The van der Waals surface area contributed by atoms with Gasteiger partial charge in [0.2, 0.25) is 0 Å². The molecule has 0 bridgehead atoms. The highest BCUT2D eigenvalue weighted by Gasteiger charge is 2.21. The van der Waals surface area contributed by atoms with Crippen molar-refractivity contribution in [1.29, 1.82) is 0 Å². The predicted molar refractivity (Wildman–Crippen MR) is 103 cm³/mol. The van der Waals surface area contributed by atoms with Crippen LogP contribution in [0.5, 0.6) is 0 Å². The van der Waals surface area contributed by atoms with Gasteiger partial charge in [-0.2, -0.15) is 0 Å². The van der Waals surface area contributed by atoms with E-state index in [9.17, 15) is 5.11 Å². The number of aliphatic hydroxyl groups is 1. The molecule has 0 amide bonds. The summed E-state index contributed by atoms with van der Waals surface area (Å²) in [7, 11) is 1.57. The fourth-order valence-electron chi connectivity index (χ4n) is 2.70. The van der Waals surface area contributed by atoms with Crippen LogP contribution in [0.4, 0.5) is 0 Å². The first-order chi connectivity index (χ1) is 11.7. The number of nitrogens with zero attached hydrogens (tertiary/aromatic N) is 1. The van der Waals surface area contributed by atoms with Gasteiger partial charge < -0.3 is 9.94 Å². The van der Waals surface area contributed by atoms with E-state index < -0.39 is 0 Å². The lowest BCUT2D eigenvalue weighted by Gasteiger charge is -2.11. The van der Waals surface area contributed by atoms with Gasteiger partial charge in [0.15, 0.2) is 0 Å². The standard InChI is InChI=1S/C21H33NO2/c1-4-6-8-9-11-12-18-14-17-21(22-24-3)20(18)16-15-19(23)13-10-7-5-2/h7,9-11,14,16-19,23H,4-6,8,12-13,15H2,1-3H3/b10-7-,11-9-,20-16+,22-21-. The van der Waals surface area contributed by atoms with Crippen LogP contribution < -0.4 is 0 Å². The molecular weight excluding hydrogens is 298 g/mol. The Bertz CT molecular complexity index is 486. The number of aliphatic hydroxyl groups excluding tert-OH is 1. The SMILES string of the molecule is CC/C=C\CC(O)C/C=C1/C(=N\OC)C=CC1C/C=C\CCCC. The molecule has 1 aliphatic carbocycles. The summed E-state index contributed by atoms with van der Waals surface area (Å²) in [4.78, 5) is 4.95. The summed E-state index contributed by atoms with van der Waals surface area (Å²) in [6.45, 7) is 4.31. The molecule has 0 heterocycles. The fourth-order valence-corrected chi connectivity index (χ4v) is 2.70. The van der Waals surface area contributed by atoms with Crippen molar-refractivity contribution < 1.29 is 9.94 Å². The van der Waals surface area contributed by atoms with E-state index in [1.165, 1.54) is 12.8 Å². The molecule has 3 nitrogen and oxygen atoms in total. The Hall–Kier alpha value is -1.61. The van der Waals surface area contributed by atoms with Crippen LogP contribution in [0.2, 0.25) is 0 Å². The Morgan fingerprint density at radius 1 is 1.21 bits per heavy atom. The zero-order valence-corrected chi connectivity index (χ0v) is 15.4. The van der Waals surface area contributed by atoms with Crippen LogP contribution >= 0.6 is 0 Å². The van der Waals surface area contributed by atoms with Crippen LogP contribution in [0, 0.1) is 5.92 Å². The first-order valence-corrected chi connectivity index (χ1v) is 9.20. The summed E-state index contributed by atoms with van der Waals surface area (Å²) in [5.41, 5.74) is 2.04. The first-order valence-electron chi connectivity index (χ1n) is 9.20. The summed E-state index contributed by atoms with van der Waals surface area (Å²) in [6, 6.07) is 0. The maximum Gasteiger partial charge on any atom is 0.106 e. The Labute approximate surface area is 147 Å². The highest BCUT2D eigenvalue weighted by molar-refractivity contribution is 6.11. The number of rotatable bonds is 11. The van der Waals surface area contributed by atoms with Crippen LogP contribution in [0.25, 0.3) is 0 Å². The smallest absolute Gasteiger partial charge is 0.106 e. The van der Waals surface area contributed by atoms with Gasteiger partial charge in [0.05, 0.1) is 6.10 Å². The van der Waals surface area contributed by atoms with Crippen molar-refractivity contribution in [3.8, 4) is 0 Å². The third-order valence-corrected chi connectivity index (χ3v) is 4.07. The van der Waals surface area contributed by atoms with E-state index in [0.717, 1.165) is 30.5 Å². The van der Waals surface area contributed by atoms with Crippen molar-refractivity contribution in [3.63, 3.8) is 0 Å². The van der Waals surface area contributed by atoms with Crippen molar-refractivity contribution in [3.05, 3.63) is 48.1 Å². The van der Waals surface area contributed by atoms with Crippen LogP contribution in [0.15, 0.2) is 53.3 Å². The highest BCUT2D eigenvalue weighted by atomic mass is 16.6. The first kappa shape index (κ1) is 20.4. The number of oxime groups is 1. The summed E-state index contributed by atoms with van der Waals surface area (Å²) >= 11 is 0. The third-order valence-electron chi connectivity index (χ3n) is 4.07. The van der Waals surface area contributed by atoms with Gasteiger partial charge in [-0.1, -0.05) is 68.3 Å². The minimum Gasteiger partial charge on any atom is -0.399 e. The van der Waals surface area contributed by atoms with Gasteiger partial charge in [0.25, 0.3) is 0 Å².